The van der Waals surface area contributed by atoms with Gasteiger partial charge in [0.15, 0.2) is 11.3 Å². The number of guanidine groups is 1. The molecule has 2 aromatic rings. The minimum absolute atomic E-state index is 0.112. The van der Waals surface area contributed by atoms with Crippen molar-refractivity contribution in [1.29, 1.82) is 0 Å². The molecule has 1 N–H and O–H groups in total. The molecule has 8 nitrogen and oxygen atoms in total. The van der Waals surface area contributed by atoms with Crippen LogP contribution >= 0.6 is 0 Å². The fourth-order valence-electron chi connectivity index (χ4n) is 3.01. The van der Waals surface area contributed by atoms with Crippen LogP contribution in [0.15, 0.2) is 33.7 Å². The first-order valence-electron chi connectivity index (χ1n) is 8.96. The number of benzene rings is 1. The van der Waals surface area contributed by atoms with Crippen molar-refractivity contribution >= 4 is 28.9 Å². The minimum atomic E-state index is -0.880. The molecular weight excluding hydrogens is 362 g/mol. The lowest BCUT2D eigenvalue weighted by atomic mass is 9.92. The van der Waals surface area contributed by atoms with Gasteiger partial charge in [-0.05, 0) is 39.8 Å². The van der Waals surface area contributed by atoms with Gasteiger partial charge in [-0.25, -0.2) is 4.79 Å². The maximum atomic E-state index is 12.6. The molecule has 3 rings (SSSR count). The zero-order chi connectivity index (χ0) is 20.7. The molecule has 0 saturated carbocycles. The number of methoxy groups -OCH3 is 1. The van der Waals surface area contributed by atoms with E-state index in [0.717, 1.165) is 5.39 Å². The third kappa shape index (κ3) is 3.81. The molecule has 1 aliphatic rings. The van der Waals surface area contributed by atoms with Crippen LogP contribution in [0.2, 0.25) is 0 Å². The predicted octanol–water partition coefficient (Wildman–Crippen LogP) is 3.40. The van der Waals surface area contributed by atoms with Gasteiger partial charge in [-0.2, -0.15) is 0 Å². The van der Waals surface area contributed by atoms with Crippen LogP contribution in [0.1, 0.15) is 39.9 Å². The van der Waals surface area contributed by atoms with Gasteiger partial charge in [0.25, 0.3) is 0 Å². The summed E-state index contributed by atoms with van der Waals surface area (Å²) in [7, 11) is 3.13. The van der Waals surface area contributed by atoms with Gasteiger partial charge in [-0.3, -0.25) is 9.69 Å². The van der Waals surface area contributed by atoms with Gasteiger partial charge < -0.3 is 19.2 Å². The van der Waals surface area contributed by atoms with Crippen molar-refractivity contribution in [1.82, 2.24) is 10.2 Å². The summed E-state index contributed by atoms with van der Waals surface area (Å²) in [6, 6.07) is 7.43. The Bertz CT molecular complexity index is 956. The Hall–Kier alpha value is -3.03. The summed E-state index contributed by atoms with van der Waals surface area (Å²) in [5.74, 6) is 1.07. The zero-order valence-corrected chi connectivity index (χ0v) is 17.0. The summed E-state index contributed by atoms with van der Waals surface area (Å²) >= 11 is 0. The van der Waals surface area contributed by atoms with E-state index in [-0.39, 0.29) is 18.3 Å². The molecule has 0 aliphatic carbocycles. The Morgan fingerprint density at radius 3 is 2.71 bits per heavy atom. The molecular formula is C20H25N3O5. The van der Waals surface area contributed by atoms with Gasteiger partial charge in [0.2, 0.25) is 11.9 Å². The molecule has 0 unspecified atom stereocenters. The monoisotopic (exact) mass is 387 g/mol. The molecule has 28 heavy (non-hydrogen) atoms. The number of aliphatic imine (C=N–C) groups is 1. The largest absolute Gasteiger partial charge is 0.493 e. The topological polar surface area (TPSA) is 93.4 Å². The van der Waals surface area contributed by atoms with Gasteiger partial charge in [0.1, 0.15) is 16.9 Å². The standard InChI is InChI=1S/C20H25N3O5/c1-19(2,3)28-18(25)21-17-22-20(4,11-15(24)23(17)5)14-10-12-8-7-9-13(26-6)16(12)27-14/h7-10H,11H2,1-6H3,(H,21,22,25)/t20-/m0/s1. The Balaban J connectivity index is 1.97. The number of nitrogens with zero attached hydrogens (tertiary/aromatic N) is 2. The highest BCUT2D eigenvalue weighted by molar-refractivity contribution is 6.03. The van der Waals surface area contributed by atoms with Crippen LogP contribution in [0, 0.1) is 0 Å². The van der Waals surface area contributed by atoms with Gasteiger partial charge in [-0.15, -0.1) is 4.99 Å². The first kappa shape index (κ1) is 19.7. The summed E-state index contributed by atoms with van der Waals surface area (Å²) in [5, 5.41) is 4.02. The second kappa shape index (κ2) is 6.85. The number of para-hydroxylation sites is 1. The lowest BCUT2D eigenvalue weighted by molar-refractivity contribution is -0.129. The van der Waals surface area contributed by atoms with Crippen molar-refractivity contribution in [3.8, 4) is 5.75 Å². The van der Waals surface area contributed by atoms with E-state index in [1.807, 2.05) is 25.1 Å². The first-order valence-corrected chi connectivity index (χ1v) is 8.96. The number of nitrogens with one attached hydrogen (secondary N) is 1. The molecule has 8 heteroatoms. The summed E-state index contributed by atoms with van der Waals surface area (Å²) < 4.78 is 16.6. The number of hydrogen-bond acceptors (Lipinski definition) is 5. The molecule has 0 spiro atoms. The summed E-state index contributed by atoms with van der Waals surface area (Å²) in [4.78, 5) is 30.0. The summed E-state index contributed by atoms with van der Waals surface area (Å²) in [5.41, 5.74) is -0.967. The van der Waals surface area contributed by atoms with Crippen LogP contribution in [-0.2, 0) is 15.1 Å². The second-order valence-corrected chi connectivity index (χ2v) is 7.99. The van der Waals surface area contributed by atoms with Gasteiger partial charge >= 0.3 is 6.09 Å². The van der Waals surface area contributed by atoms with E-state index in [4.69, 9.17) is 13.9 Å². The zero-order valence-electron chi connectivity index (χ0n) is 17.0. The third-order valence-corrected chi connectivity index (χ3v) is 4.45. The Morgan fingerprint density at radius 1 is 1.36 bits per heavy atom. The van der Waals surface area contributed by atoms with Crippen LogP contribution in [-0.4, -0.2) is 42.6 Å². The lowest BCUT2D eigenvalue weighted by Crippen LogP contribution is -2.58. The number of carbonyl (C=O) groups is 2. The maximum Gasteiger partial charge on any atom is 0.437 e. The van der Waals surface area contributed by atoms with E-state index < -0.39 is 17.2 Å². The van der Waals surface area contributed by atoms with Crippen LogP contribution in [0.4, 0.5) is 4.79 Å². The number of amides is 2. The van der Waals surface area contributed by atoms with Crippen molar-refractivity contribution in [2.75, 3.05) is 14.2 Å². The predicted molar refractivity (Wildman–Crippen MR) is 104 cm³/mol. The highest BCUT2D eigenvalue weighted by Crippen LogP contribution is 2.36. The Kier molecular flexibility index (Phi) is 4.82. The number of rotatable bonds is 2. The quantitative estimate of drug-likeness (QED) is 0.849. The van der Waals surface area contributed by atoms with Crippen molar-refractivity contribution in [2.24, 2.45) is 4.99 Å². The lowest BCUT2D eigenvalue weighted by Gasteiger charge is -2.38. The minimum Gasteiger partial charge on any atom is -0.493 e. The van der Waals surface area contributed by atoms with Gasteiger partial charge in [0, 0.05) is 12.4 Å². The van der Waals surface area contributed by atoms with E-state index in [1.165, 1.54) is 4.90 Å². The molecule has 1 aromatic carbocycles. The fraction of sp³-hybridized carbons (Fsp3) is 0.450. The number of furan rings is 1. The molecule has 2 heterocycles. The van der Waals surface area contributed by atoms with E-state index >= 15 is 0 Å². The molecule has 0 radical (unpaired) electrons. The second-order valence-electron chi connectivity index (χ2n) is 7.99. The maximum absolute atomic E-state index is 12.6. The van der Waals surface area contributed by atoms with Crippen molar-refractivity contribution in [3.63, 3.8) is 0 Å². The summed E-state index contributed by atoms with van der Waals surface area (Å²) in [6.07, 6.45) is -0.635. The van der Waals surface area contributed by atoms with Crippen molar-refractivity contribution < 1.29 is 23.5 Å². The average Bonchev–Trinajstić information content (AvgIpc) is 3.02. The molecule has 1 atom stereocenters. The normalized spacial score (nSPS) is 21.7. The molecule has 1 aliphatic heterocycles. The molecule has 1 aromatic heterocycles. The number of hydrogen-bond donors (Lipinski definition) is 1. The van der Waals surface area contributed by atoms with Crippen LogP contribution in [0.5, 0.6) is 5.75 Å². The Morgan fingerprint density at radius 2 is 2.07 bits per heavy atom. The van der Waals surface area contributed by atoms with Crippen LogP contribution in [0.25, 0.3) is 11.0 Å². The van der Waals surface area contributed by atoms with Crippen molar-refractivity contribution in [2.45, 2.75) is 45.3 Å². The first-order chi connectivity index (χ1) is 13.0. The smallest absolute Gasteiger partial charge is 0.437 e. The van der Waals surface area contributed by atoms with Gasteiger partial charge in [-0.1, -0.05) is 12.1 Å². The van der Waals surface area contributed by atoms with E-state index in [9.17, 15) is 9.59 Å². The van der Waals surface area contributed by atoms with E-state index in [1.54, 1.807) is 41.0 Å². The molecule has 1 fully saturated rings. The fourth-order valence-corrected chi connectivity index (χ4v) is 3.01. The number of ether oxygens (including phenoxy) is 2. The van der Waals surface area contributed by atoms with Crippen LogP contribution < -0.4 is 10.1 Å². The van der Waals surface area contributed by atoms with E-state index in [0.29, 0.717) is 17.1 Å². The van der Waals surface area contributed by atoms with Crippen molar-refractivity contribution in [3.05, 3.63) is 30.0 Å². The van der Waals surface area contributed by atoms with Gasteiger partial charge in [0.05, 0.1) is 13.5 Å². The Labute approximate surface area is 163 Å². The SMILES string of the molecule is COc1cccc2cc([C@]3(C)CC(=O)N(C)/C(=N\C(=O)OC(C)(C)C)N3)oc12. The summed E-state index contributed by atoms with van der Waals surface area (Å²) in [6.45, 7) is 7.08. The molecule has 1 saturated heterocycles. The molecule has 0 bridgehead atoms. The third-order valence-electron chi connectivity index (χ3n) is 4.45. The molecule has 150 valence electrons. The van der Waals surface area contributed by atoms with E-state index in [2.05, 4.69) is 10.3 Å². The number of carbonyl (C=O) groups excluding carboxylic acids is 2. The number of fused-ring (bicyclic) bond motifs is 1. The average molecular weight is 387 g/mol. The highest BCUT2D eigenvalue weighted by Gasteiger charge is 2.41. The molecule has 2 amide bonds. The highest BCUT2D eigenvalue weighted by atomic mass is 16.6. The van der Waals surface area contributed by atoms with Crippen LogP contribution in [0.3, 0.4) is 0 Å².